The van der Waals surface area contributed by atoms with E-state index in [1.54, 1.807) is 60.7 Å². The van der Waals surface area contributed by atoms with Gasteiger partial charge in [0.25, 0.3) is 10.0 Å². The Morgan fingerprint density at radius 3 is 2.35 bits per heavy atom. The number of hydrogen-bond acceptors (Lipinski definition) is 7. The first-order valence-corrected chi connectivity index (χ1v) is 12.2. The lowest BCUT2D eigenvalue weighted by molar-refractivity contribution is -0.146. The number of carbonyl (C=O) groups excluding carboxylic acids is 1. The van der Waals surface area contributed by atoms with Crippen molar-refractivity contribution in [2.75, 3.05) is 6.61 Å². The summed E-state index contributed by atoms with van der Waals surface area (Å²) in [5.41, 5.74) is 1.45. The maximum atomic E-state index is 13.7. The Morgan fingerprint density at radius 2 is 1.62 bits per heavy atom. The first kappa shape index (κ1) is 22.5. The summed E-state index contributed by atoms with van der Waals surface area (Å²) in [7, 11) is -3.94. The summed E-state index contributed by atoms with van der Waals surface area (Å²) >= 11 is 0. The van der Waals surface area contributed by atoms with Crippen LogP contribution in [0.3, 0.4) is 0 Å². The largest absolute Gasteiger partial charge is 0.463 e. The molecule has 0 saturated carbocycles. The lowest BCUT2D eigenvalue weighted by Crippen LogP contribution is -2.33. The molecule has 5 rings (SSSR count). The van der Waals surface area contributed by atoms with E-state index in [2.05, 4.69) is 0 Å². The molecule has 0 unspecified atom stereocenters. The third-order valence-corrected chi connectivity index (χ3v) is 7.83. The molecular formula is C25H23NO7S. The molecule has 1 aliphatic rings. The summed E-state index contributed by atoms with van der Waals surface area (Å²) in [6, 6.07) is 20.4. The van der Waals surface area contributed by atoms with Crippen LogP contribution in [-0.2, 0) is 24.3 Å². The highest BCUT2D eigenvalue weighted by atomic mass is 32.2. The number of ether oxygens (including phenoxy) is 2. The van der Waals surface area contributed by atoms with Crippen LogP contribution in [0.1, 0.15) is 18.6 Å². The molecule has 0 aliphatic carbocycles. The van der Waals surface area contributed by atoms with Crippen LogP contribution in [0.2, 0.25) is 0 Å². The third-order valence-electron chi connectivity index (χ3n) is 6.09. The van der Waals surface area contributed by atoms with Gasteiger partial charge in [0.15, 0.2) is 0 Å². The first-order chi connectivity index (χ1) is 16.3. The van der Waals surface area contributed by atoms with Crippen LogP contribution in [-0.4, -0.2) is 53.5 Å². The SMILES string of the molecule is CC(=O)OC[C@H]1O[C@@H](c2cccc3c2c2ccccc2n3S(=O)(=O)c2ccccc2)[C@@H](O)[C@H]1O. The van der Waals surface area contributed by atoms with E-state index in [1.807, 2.05) is 12.1 Å². The Labute approximate surface area is 196 Å². The summed E-state index contributed by atoms with van der Waals surface area (Å²) in [5.74, 6) is -0.523. The maximum absolute atomic E-state index is 13.7. The van der Waals surface area contributed by atoms with Crippen LogP contribution < -0.4 is 0 Å². The van der Waals surface area contributed by atoms with Gasteiger partial charge in [0.1, 0.15) is 31.0 Å². The molecule has 0 amide bonds. The van der Waals surface area contributed by atoms with Crippen LogP contribution >= 0.6 is 0 Å². The number of benzene rings is 3. The van der Waals surface area contributed by atoms with Gasteiger partial charge in [-0.05, 0) is 29.8 Å². The second-order valence-corrected chi connectivity index (χ2v) is 10.0. The van der Waals surface area contributed by atoms with Crippen molar-refractivity contribution >= 4 is 37.8 Å². The number of aliphatic hydroxyl groups excluding tert-OH is 2. The van der Waals surface area contributed by atoms with E-state index in [4.69, 9.17) is 9.47 Å². The van der Waals surface area contributed by atoms with Gasteiger partial charge in [-0.15, -0.1) is 0 Å². The second kappa shape index (κ2) is 8.52. The molecule has 0 radical (unpaired) electrons. The van der Waals surface area contributed by atoms with E-state index in [9.17, 15) is 23.4 Å². The fourth-order valence-electron chi connectivity index (χ4n) is 4.55. The van der Waals surface area contributed by atoms with Crippen molar-refractivity contribution in [3.63, 3.8) is 0 Å². The topological polar surface area (TPSA) is 115 Å². The number of esters is 1. The molecule has 176 valence electrons. The van der Waals surface area contributed by atoms with E-state index >= 15 is 0 Å². The number of nitrogens with zero attached hydrogens (tertiary/aromatic N) is 1. The predicted molar refractivity (Wildman–Crippen MR) is 125 cm³/mol. The quantitative estimate of drug-likeness (QED) is 0.421. The average Bonchev–Trinajstić information content (AvgIpc) is 3.33. The van der Waals surface area contributed by atoms with Crippen LogP contribution in [0.4, 0.5) is 0 Å². The molecule has 9 heteroatoms. The molecule has 1 aliphatic heterocycles. The van der Waals surface area contributed by atoms with E-state index in [0.29, 0.717) is 27.4 Å². The number of aliphatic hydroxyl groups is 2. The zero-order chi connectivity index (χ0) is 24.0. The van der Waals surface area contributed by atoms with Gasteiger partial charge in [0.2, 0.25) is 0 Å². The van der Waals surface area contributed by atoms with Crippen LogP contribution in [0.25, 0.3) is 21.8 Å². The zero-order valence-electron chi connectivity index (χ0n) is 18.2. The van der Waals surface area contributed by atoms with Crippen LogP contribution in [0, 0.1) is 0 Å². The Balaban J connectivity index is 1.70. The lowest BCUT2D eigenvalue weighted by atomic mass is 9.97. The number of carbonyl (C=O) groups is 1. The van der Waals surface area contributed by atoms with Crippen molar-refractivity contribution in [2.24, 2.45) is 0 Å². The van der Waals surface area contributed by atoms with E-state index in [-0.39, 0.29) is 11.5 Å². The molecule has 34 heavy (non-hydrogen) atoms. The Hall–Kier alpha value is -3.24. The molecule has 8 nitrogen and oxygen atoms in total. The molecule has 1 saturated heterocycles. The van der Waals surface area contributed by atoms with Crippen molar-refractivity contribution < 1.29 is 32.9 Å². The van der Waals surface area contributed by atoms with Crippen molar-refractivity contribution in [3.8, 4) is 0 Å². The maximum Gasteiger partial charge on any atom is 0.302 e. The van der Waals surface area contributed by atoms with Crippen LogP contribution in [0.5, 0.6) is 0 Å². The summed E-state index contributed by atoms with van der Waals surface area (Å²) in [6.07, 6.45) is -4.43. The van der Waals surface area contributed by atoms with Gasteiger partial charge in [-0.2, -0.15) is 0 Å². The van der Waals surface area contributed by atoms with Gasteiger partial charge >= 0.3 is 5.97 Å². The Kier molecular flexibility index (Phi) is 5.65. The van der Waals surface area contributed by atoms with Gasteiger partial charge in [-0.25, -0.2) is 12.4 Å². The minimum absolute atomic E-state index is 0.150. The molecule has 1 fully saturated rings. The molecule has 0 spiro atoms. The number of rotatable bonds is 5. The standard InChI is InChI=1S/C25H23NO7S/c1-15(27)32-14-21-23(28)24(29)25(33-21)18-11-7-13-20-22(18)17-10-5-6-12-19(17)26(20)34(30,31)16-8-3-2-4-9-16/h2-13,21,23-25,28-29H,14H2,1H3/t21-,23+,24+,25+/m1/s1. The number of aromatic nitrogens is 1. The molecule has 1 aromatic heterocycles. The summed E-state index contributed by atoms with van der Waals surface area (Å²) in [4.78, 5) is 11.3. The highest BCUT2D eigenvalue weighted by Gasteiger charge is 2.44. The van der Waals surface area contributed by atoms with E-state index < -0.39 is 40.4 Å². The predicted octanol–water partition coefficient (Wildman–Crippen LogP) is 2.76. The van der Waals surface area contributed by atoms with Gasteiger partial charge < -0.3 is 19.7 Å². The summed E-state index contributed by atoms with van der Waals surface area (Å²) in [6.45, 7) is 1.04. The first-order valence-electron chi connectivity index (χ1n) is 10.8. The monoisotopic (exact) mass is 481 g/mol. The van der Waals surface area contributed by atoms with Gasteiger partial charge in [-0.3, -0.25) is 4.79 Å². The smallest absolute Gasteiger partial charge is 0.302 e. The van der Waals surface area contributed by atoms with Crippen molar-refractivity contribution in [1.82, 2.24) is 3.97 Å². The highest BCUT2D eigenvalue weighted by molar-refractivity contribution is 7.90. The number of hydrogen-bond donors (Lipinski definition) is 2. The minimum atomic E-state index is -3.94. The summed E-state index contributed by atoms with van der Waals surface area (Å²) in [5, 5.41) is 22.6. The second-order valence-electron chi connectivity index (χ2n) is 8.22. The zero-order valence-corrected chi connectivity index (χ0v) is 19.1. The lowest BCUT2D eigenvalue weighted by Gasteiger charge is -2.17. The fraction of sp³-hybridized carbons (Fsp3) is 0.240. The number of para-hydroxylation sites is 1. The van der Waals surface area contributed by atoms with Crippen LogP contribution in [0.15, 0.2) is 77.7 Å². The third kappa shape index (κ3) is 3.57. The van der Waals surface area contributed by atoms with Crippen molar-refractivity contribution in [3.05, 3.63) is 78.4 Å². The van der Waals surface area contributed by atoms with Gasteiger partial charge in [0, 0.05) is 17.7 Å². The van der Waals surface area contributed by atoms with Gasteiger partial charge in [0.05, 0.1) is 15.9 Å². The van der Waals surface area contributed by atoms with Crippen molar-refractivity contribution in [1.29, 1.82) is 0 Å². The molecule has 0 bridgehead atoms. The van der Waals surface area contributed by atoms with E-state index in [0.717, 1.165) is 0 Å². The normalized spacial score (nSPS) is 22.9. The molecule has 4 aromatic rings. The number of fused-ring (bicyclic) bond motifs is 3. The fourth-order valence-corrected chi connectivity index (χ4v) is 6.09. The Bertz CT molecular complexity index is 1480. The summed E-state index contributed by atoms with van der Waals surface area (Å²) < 4.78 is 39.5. The van der Waals surface area contributed by atoms with Gasteiger partial charge in [-0.1, -0.05) is 48.5 Å². The molecule has 4 atom stereocenters. The van der Waals surface area contributed by atoms with Crippen molar-refractivity contribution in [2.45, 2.75) is 36.2 Å². The molecule has 3 aromatic carbocycles. The van der Waals surface area contributed by atoms with E-state index in [1.165, 1.54) is 10.9 Å². The Morgan fingerprint density at radius 1 is 0.941 bits per heavy atom. The minimum Gasteiger partial charge on any atom is -0.463 e. The highest BCUT2D eigenvalue weighted by Crippen LogP contribution is 2.41. The molecular weight excluding hydrogens is 458 g/mol. The average molecular weight is 482 g/mol. The molecule has 2 N–H and O–H groups in total. The molecule has 2 heterocycles.